The first kappa shape index (κ1) is 5.13. The Bertz CT molecular complexity index is 90.1. The Kier molecular flexibility index (Phi) is 1.35. The molecule has 0 aromatic rings. The highest BCUT2D eigenvalue weighted by molar-refractivity contribution is 6.23. The maximum Gasteiger partial charge on any atom is 0.0951 e. The Morgan fingerprint density at radius 1 is 1.57 bits per heavy atom. The summed E-state index contributed by atoms with van der Waals surface area (Å²) >= 11 is 5.60. The van der Waals surface area contributed by atoms with Crippen LogP contribution in [0.3, 0.4) is 0 Å². The molecule has 0 saturated heterocycles. The zero-order valence-electron chi connectivity index (χ0n) is 4.10. The number of rotatable bonds is 1. The first-order valence-corrected chi connectivity index (χ1v) is 2.63. The molecule has 1 nitrogen and oxygen atoms in total. The molecule has 0 radical (unpaired) electrons. The minimum Gasteiger partial charge on any atom is -0.376 e. The summed E-state index contributed by atoms with van der Waals surface area (Å²) < 4.78 is 4.88. The number of alkyl halides is 1. The molecule has 0 aliphatic heterocycles. The van der Waals surface area contributed by atoms with Crippen molar-refractivity contribution in [3.05, 3.63) is 12.2 Å². The van der Waals surface area contributed by atoms with Crippen molar-refractivity contribution >= 4 is 11.6 Å². The summed E-state index contributed by atoms with van der Waals surface area (Å²) in [6.07, 6.45) is 4.02. The summed E-state index contributed by atoms with van der Waals surface area (Å²) in [6, 6.07) is 0. The quantitative estimate of drug-likeness (QED) is 0.371. The number of hydrogen-bond donors (Lipinski definition) is 0. The van der Waals surface area contributed by atoms with E-state index in [4.69, 9.17) is 16.3 Å². The molecule has 7 heavy (non-hydrogen) atoms. The van der Waals surface area contributed by atoms with Gasteiger partial charge in [-0.25, -0.2) is 0 Å². The number of halogens is 1. The van der Waals surface area contributed by atoms with Crippen LogP contribution in [-0.2, 0) is 4.74 Å². The Hall–Kier alpha value is -0.0100. The van der Waals surface area contributed by atoms with Gasteiger partial charge in [-0.15, -0.1) is 11.6 Å². The summed E-state index contributed by atoms with van der Waals surface area (Å²) in [7, 11) is 1.66. The molecule has 0 saturated carbocycles. The van der Waals surface area contributed by atoms with E-state index < -0.39 is 0 Å². The highest BCUT2D eigenvalue weighted by Crippen LogP contribution is 2.18. The molecule has 1 aliphatic carbocycles. The van der Waals surface area contributed by atoms with E-state index in [2.05, 4.69) is 0 Å². The fraction of sp³-hybridized carbons (Fsp3) is 0.600. The van der Waals surface area contributed by atoms with Crippen LogP contribution in [0.1, 0.15) is 0 Å². The predicted octanol–water partition coefficient (Wildman–Crippen LogP) is 1.18. The van der Waals surface area contributed by atoms with E-state index in [9.17, 15) is 0 Å². The fourth-order valence-corrected chi connectivity index (χ4v) is 0.765. The SMILES string of the molecule is CO[C@@H]1C=C[C@@H]1Cl. The molecule has 0 heterocycles. The molecule has 0 spiro atoms. The van der Waals surface area contributed by atoms with E-state index in [1.165, 1.54) is 0 Å². The smallest absolute Gasteiger partial charge is 0.0951 e. The lowest BCUT2D eigenvalue weighted by Crippen LogP contribution is -2.26. The standard InChI is InChI=1S/C5H7ClO/c1-7-5-3-2-4(5)6/h2-5H,1H3/t4-,5+/m0/s1. The highest BCUT2D eigenvalue weighted by Gasteiger charge is 2.19. The summed E-state index contributed by atoms with van der Waals surface area (Å²) in [4.78, 5) is 0. The average molecular weight is 119 g/mol. The van der Waals surface area contributed by atoms with Gasteiger partial charge in [-0.3, -0.25) is 0 Å². The number of hydrogen-bond acceptors (Lipinski definition) is 1. The lowest BCUT2D eigenvalue weighted by Gasteiger charge is -2.21. The van der Waals surface area contributed by atoms with Gasteiger partial charge < -0.3 is 4.74 Å². The molecule has 2 heteroatoms. The third kappa shape index (κ3) is 0.790. The topological polar surface area (TPSA) is 9.23 Å². The third-order valence-electron chi connectivity index (χ3n) is 1.07. The summed E-state index contributed by atoms with van der Waals surface area (Å²) in [5.41, 5.74) is 0. The lowest BCUT2D eigenvalue weighted by atomic mass is 10.1. The molecule has 40 valence electrons. The lowest BCUT2D eigenvalue weighted by molar-refractivity contribution is 0.133. The normalized spacial score (nSPS) is 38.0. The monoisotopic (exact) mass is 118 g/mol. The van der Waals surface area contributed by atoms with Crippen molar-refractivity contribution in [1.29, 1.82) is 0 Å². The zero-order chi connectivity index (χ0) is 5.28. The Morgan fingerprint density at radius 3 is 2.29 bits per heavy atom. The van der Waals surface area contributed by atoms with Crippen molar-refractivity contribution in [3.8, 4) is 0 Å². The second-order valence-corrected chi connectivity index (χ2v) is 2.03. The highest BCUT2D eigenvalue weighted by atomic mass is 35.5. The number of ether oxygens (including phenoxy) is 1. The van der Waals surface area contributed by atoms with Crippen molar-refractivity contribution in [2.45, 2.75) is 11.5 Å². The van der Waals surface area contributed by atoms with Crippen LogP contribution in [-0.4, -0.2) is 18.6 Å². The van der Waals surface area contributed by atoms with Crippen LogP contribution >= 0.6 is 11.6 Å². The van der Waals surface area contributed by atoms with Crippen LogP contribution in [0.15, 0.2) is 12.2 Å². The second kappa shape index (κ2) is 1.85. The average Bonchev–Trinajstić information content (AvgIpc) is 1.65. The van der Waals surface area contributed by atoms with Gasteiger partial charge in [0, 0.05) is 7.11 Å². The van der Waals surface area contributed by atoms with Crippen molar-refractivity contribution in [1.82, 2.24) is 0 Å². The Morgan fingerprint density at radius 2 is 2.29 bits per heavy atom. The van der Waals surface area contributed by atoms with Crippen LogP contribution < -0.4 is 0 Å². The van der Waals surface area contributed by atoms with Crippen molar-refractivity contribution in [3.63, 3.8) is 0 Å². The predicted molar refractivity (Wildman–Crippen MR) is 29.6 cm³/mol. The van der Waals surface area contributed by atoms with Gasteiger partial charge in [-0.2, -0.15) is 0 Å². The van der Waals surface area contributed by atoms with Gasteiger partial charge in [0.1, 0.15) is 0 Å². The van der Waals surface area contributed by atoms with Gasteiger partial charge in [0.15, 0.2) is 0 Å². The van der Waals surface area contributed by atoms with Gasteiger partial charge in [-0.05, 0) is 0 Å². The molecule has 1 aliphatic rings. The van der Waals surface area contributed by atoms with E-state index in [-0.39, 0.29) is 11.5 Å². The van der Waals surface area contributed by atoms with Gasteiger partial charge in [-0.1, -0.05) is 12.2 Å². The van der Waals surface area contributed by atoms with Gasteiger partial charge in [0.05, 0.1) is 11.5 Å². The second-order valence-electron chi connectivity index (χ2n) is 1.53. The molecule has 0 aromatic heterocycles. The molecule has 0 N–H and O–H groups in total. The maximum atomic E-state index is 5.60. The van der Waals surface area contributed by atoms with Crippen molar-refractivity contribution in [2.75, 3.05) is 7.11 Å². The Balaban J connectivity index is 2.33. The van der Waals surface area contributed by atoms with E-state index in [0.717, 1.165) is 0 Å². The van der Waals surface area contributed by atoms with E-state index in [1.807, 2.05) is 12.2 Å². The van der Waals surface area contributed by atoms with E-state index >= 15 is 0 Å². The zero-order valence-corrected chi connectivity index (χ0v) is 4.85. The summed E-state index contributed by atoms with van der Waals surface area (Å²) in [6.45, 7) is 0. The fourth-order valence-electron chi connectivity index (χ4n) is 0.494. The molecule has 2 atom stereocenters. The van der Waals surface area contributed by atoms with Gasteiger partial charge in [0.25, 0.3) is 0 Å². The molecule has 0 fully saturated rings. The van der Waals surface area contributed by atoms with Crippen molar-refractivity contribution < 1.29 is 4.74 Å². The van der Waals surface area contributed by atoms with Crippen LogP contribution in [0, 0.1) is 0 Å². The van der Waals surface area contributed by atoms with E-state index in [0.29, 0.717) is 0 Å². The van der Waals surface area contributed by atoms with Gasteiger partial charge in [0.2, 0.25) is 0 Å². The molecule has 1 rings (SSSR count). The molecule has 0 amide bonds. The molecular formula is C5H7ClO. The molecular weight excluding hydrogens is 112 g/mol. The summed E-state index contributed by atoms with van der Waals surface area (Å²) in [5.74, 6) is 0. The first-order chi connectivity index (χ1) is 3.34. The number of methoxy groups -OCH3 is 1. The van der Waals surface area contributed by atoms with E-state index in [1.54, 1.807) is 7.11 Å². The Labute approximate surface area is 47.9 Å². The summed E-state index contributed by atoms with van der Waals surface area (Å²) in [5, 5.41) is 0.116. The largest absolute Gasteiger partial charge is 0.376 e. The van der Waals surface area contributed by atoms with Gasteiger partial charge >= 0.3 is 0 Å². The third-order valence-corrected chi connectivity index (χ3v) is 1.46. The molecule has 0 unspecified atom stereocenters. The first-order valence-electron chi connectivity index (χ1n) is 2.20. The van der Waals surface area contributed by atoms with Crippen LogP contribution in [0.25, 0.3) is 0 Å². The molecule has 0 aromatic carbocycles. The van der Waals surface area contributed by atoms with Crippen molar-refractivity contribution in [2.24, 2.45) is 0 Å². The maximum absolute atomic E-state index is 5.60. The minimum absolute atomic E-state index is 0.116. The minimum atomic E-state index is 0.116. The van der Waals surface area contributed by atoms with Crippen LogP contribution in [0.2, 0.25) is 0 Å². The van der Waals surface area contributed by atoms with Crippen LogP contribution in [0.4, 0.5) is 0 Å². The molecule has 0 bridgehead atoms. The van der Waals surface area contributed by atoms with Crippen LogP contribution in [0.5, 0.6) is 0 Å².